The number of aromatic nitrogens is 3. The number of pyridine rings is 1. The van der Waals surface area contributed by atoms with Gasteiger partial charge in [0, 0.05) is 58.2 Å². The summed E-state index contributed by atoms with van der Waals surface area (Å²) in [6, 6.07) is 11.8. The van der Waals surface area contributed by atoms with Crippen molar-refractivity contribution < 1.29 is 56.9 Å². The molecule has 3 unspecified atom stereocenters. The quantitative estimate of drug-likeness (QED) is 0.128. The standard InChI is InChI=1S/C26H29ClN4O6.C7H7ClN.Cd/c27-17-9-15(26(34)35)10-19-24(17)28-23(31(19)11-16-3-2-8-37-16)12-29-6-7-30(21-14-36-13-20(21)29)18-4-1-5-22(32)25(18)33;1-2-7-4-3-6(8)5-9-7;/h1,4-5,9-10,16,20-21,32-33H,2-3,6-8,11-14H2,(H,34,35);2-5H,1H3;/q;-1;. The normalized spacial score (nSPS) is 20.7. The average Bonchev–Trinajstić information content (AvgIpc) is 3.82. The number of carboxylic acids is 1. The van der Waals surface area contributed by atoms with Gasteiger partial charge in [-0.25, -0.2) is 16.2 Å². The van der Waals surface area contributed by atoms with Gasteiger partial charge in [-0.3, -0.25) is 9.88 Å². The van der Waals surface area contributed by atoms with Gasteiger partial charge in [0.05, 0.1) is 66.3 Å². The number of carboxylic acid groups (broad SMARTS) is 1. The summed E-state index contributed by atoms with van der Waals surface area (Å²) in [5.41, 5.74) is 2.96. The Morgan fingerprint density at radius 2 is 1.91 bits per heavy atom. The van der Waals surface area contributed by atoms with Crippen LogP contribution in [0.4, 0.5) is 5.69 Å². The van der Waals surface area contributed by atoms with E-state index in [2.05, 4.69) is 19.4 Å². The molecule has 0 saturated carbocycles. The van der Waals surface area contributed by atoms with Crippen molar-refractivity contribution in [3.05, 3.63) is 82.2 Å². The number of phenols is 2. The number of hydrogen-bond donors (Lipinski definition) is 3. The van der Waals surface area contributed by atoms with Crippen molar-refractivity contribution in [3.63, 3.8) is 0 Å². The van der Waals surface area contributed by atoms with Gasteiger partial charge >= 0.3 is 5.97 Å². The summed E-state index contributed by atoms with van der Waals surface area (Å²) in [5.74, 6) is -0.499. The van der Waals surface area contributed by atoms with E-state index in [-0.39, 0.29) is 62.5 Å². The zero-order chi connectivity index (χ0) is 32.4. The van der Waals surface area contributed by atoms with Gasteiger partial charge in [-0.05, 0) is 37.1 Å². The molecule has 4 aromatic rings. The Kier molecular flexibility index (Phi) is 11.8. The first-order valence-electron chi connectivity index (χ1n) is 15.3. The van der Waals surface area contributed by atoms with Crippen molar-refractivity contribution in [2.24, 2.45) is 0 Å². The van der Waals surface area contributed by atoms with E-state index in [1.54, 1.807) is 18.3 Å². The largest absolute Gasteiger partial charge is 0.504 e. The third-order valence-electron chi connectivity index (χ3n) is 8.76. The summed E-state index contributed by atoms with van der Waals surface area (Å²) in [4.78, 5) is 25.0. The van der Waals surface area contributed by atoms with Gasteiger partial charge in [-0.1, -0.05) is 35.0 Å². The van der Waals surface area contributed by atoms with Crippen molar-refractivity contribution in [1.82, 2.24) is 19.4 Å². The summed E-state index contributed by atoms with van der Waals surface area (Å²) in [5, 5.41) is 31.1. The number of aromatic carboxylic acids is 1. The van der Waals surface area contributed by atoms with Crippen LogP contribution in [0.1, 0.15) is 41.6 Å². The second kappa shape index (κ2) is 15.6. The number of benzene rings is 2. The smallest absolute Gasteiger partial charge is 0.335 e. The van der Waals surface area contributed by atoms with Crippen LogP contribution < -0.4 is 4.90 Å². The van der Waals surface area contributed by atoms with Gasteiger partial charge < -0.3 is 34.3 Å². The predicted octanol–water partition coefficient (Wildman–Crippen LogP) is 5.37. The fourth-order valence-corrected chi connectivity index (χ4v) is 6.77. The molecule has 3 atom stereocenters. The van der Waals surface area contributed by atoms with Crippen molar-refractivity contribution in [3.8, 4) is 11.5 Å². The molecule has 2 aromatic carbocycles. The van der Waals surface area contributed by atoms with Crippen molar-refractivity contribution in [1.29, 1.82) is 0 Å². The molecule has 246 valence electrons. The maximum atomic E-state index is 11.7. The predicted molar refractivity (Wildman–Crippen MR) is 175 cm³/mol. The molecule has 3 N–H and O–H groups in total. The van der Waals surface area contributed by atoms with E-state index >= 15 is 0 Å². The van der Waals surface area contributed by atoms with Crippen LogP contribution >= 0.6 is 23.2 Å². The summed E-state index contributed by atoms with van der Waals surface area (Å²) in [6.07, 6.45) is 5.54. The molecule has 7 rings (SSSR count). The SMILES string of the molecule is C[CH-]c1ccc(Cl)cn1.O=C(O)c1cc(Cl)c2nc(CN3CCN(c4cccc(O)c4O)C4COCC43)n(CC3CCCO3)c2c1.[Cd]. The van der Waals surface area contributed by atoms with Crippen LogP contribution in [-0.2, 0) is 49.9 Å². The van der Waals surface area contributed by atoms with E-state index < -0.39 is 5.97 Å². The van der Waals surface area contributed by atoms with E-state index in [4.69, 9.17) is 37.7 Å². The van der Waals surface area contributed by atoms with Crippen LogP contribution in [0, 0.1) is 6.42 Å². The molecule has 11 nitrogen and oxygen atoms in total. The maximum absolute atomic E-state index is 11.7. The zero-order valence-corrected chi connectivity index (χ0v) is 31.6. The van der Waals surface area contributed by atoms with Crippen LogP contribution in [0.5, 0.6) is 11.5 Å². The Morgan fingerprint density at radius 1 is 1.11 bits per heavy atom. The number of hydrogen-bond acceptors (Lipinski definition) is 9. The molecule has 2 aromatic heterocycles. The zero-order valence-electron chi connectivity index (χ0n) is 26.1. The first kappa shape index (κ1) is 35.5. The number of phenolic OH excluding ortho intramolecular Hbond substituents is 2. The molecule has 0 bridgehead atoms. The third-order valence-corrected chi connectivity index (χ3v) is 9.27. The molecular formula is C33H36CdCl2N5O6-. The Labute approximate surface area is 303 Å². The van der Waals surface area contributed by atoms with Gasteiger partial charge in [0.2, 0.25) is 0 Å². The second-order valence-electron chi connectivity index (χ2n) is 11.6. The molecule has 0 spiro atoms. The molecule has 0 radical (unpaired) electrons. The number of rotatable bonds is 7. The summed E-state index contributed by atoms with van der Waals surface area (Å²) >= 11 is 12.1. The summed E-state index contributed by atoms with van der Waals surface area (Å²) in [6.45, 7) is 6.15. The van der Waals surface area contributed by atoms with E-state index in [1.807, 2.05) is 31.5 Å². The van der Waals surface area contributed by atoms with E-state index in [1.165, 1.54) is 12.1 Å². The number of piperazine rings is 1. The minimum atomic E-state index is -1.03. The summed E-state index contributed by atoms with van der Waals surface area (Å²) < 4.78 is 13.8. The van der Waals surface area contributed by atoms with Crippen LogP contribution in [0.25, 0.3) is 11.0 Å². The number of carbonyl (C=O) groups is 1. The number of fused-ring (bicyclic) bond motifs is 2. The molecule has 3 aliphatic rings. The monoisotopic (exact) mass is 782 g/mol. The molecule has 0 amide bonds. The van der Waals surface area contributed by atoms with Crippen LogP contribution in [0.2, 0.25) is 10.0 Å². The number of halogens is 2. The third kappa shape index (κ3) is 7.75. The number of imidazole rings is 1. The Balaban J connectivity index is 0.000000377. The van der Waals surface area contributed by atoms with Crippen molar-refractivity contribution in [2.75, 3.05) is 37.8 Å². The van der Waals surface area contributed by atoms with Crippen molar-refractivity contribution in [2.45, 2.75) is 51.0 Å². The second-order valence-corrected chi connectivity index (χ2v) is 12.4. The number of ether oxygens (including phenoxy) is 2. The van der Waals surface area contributed by atoms with Gasteiger partial charge in [0.25, 0.3) is 0 Å². The molecule has 47 heavy (non-hydrogen) atoms. The number of anilines is 1. The average molecular weight is 782 g/mol. The van der Waals surface area contributed by atoms with Crippen LogP contribution in [-0.4, -0.2) is 91.8 Å². The molecule has 3 saturated heterocycles. The molecular weight excluding hydrogens is 746 g/mol. The fourth-order valence-electron chi connectivity index (χ4n) is 6.40. The first-order chi connectivity index (χ1) is 22.2. The maximum Gasteiger partial charge on any atom is 0.335 e. The van der Waals surface area contributed by atoms with E-state index in [9.17, 15) is 20.1 Å². The first-order valence-corrected chi connectivity index (χ1v) is 16.0. The minimum Gasteiger partial charge on any atom is -0.504 e. The summed E-state index contributed by atoms with van der Waals surface area (Å²) in [7, 11) is 0. The van der Waals surface area contributed by atoms with Crippen molar-refractivity contribution >= 4 is 45.9 Å². The number of para-hydroxylation sites is 1. The molecule has 14 heteroatoms. The number of aromatic hydroxyl groups is 2. The Hall–Kier alpha value is -2.82. The molecule has 5 heterocycles. The van der Waals surface area contributed by atoms with Crippen LogP contribution in [0.3, 0.4) is 0 Å². The van der Waals surface area contributed by atoms with E-state index in [0.717, 1.165) is 31.0 Å². The Bertz CT molecular complexity index is 1700. The topological polar surface area (TPSA) is 133 Å². The van der Waals surface area contributed by atoms with Crippen LogP contribution in [0.15, 0.2) is 48.7 Å². The number of nitrogens with zero attached hydrogens (tertiary/aromatic N) is 5. The van der Waals surface area contributed by atoms with Gasteiger partial charge in [0.1, 0.15) is 11.3 Å². The Morgan fingerprint density at radius 3 is 2.62 bits per heavy atom. The fraction of sp³-hybridized carbons (Fsp3) is 0.394. The van der Waals surface area contributed by atoms with E-state index in [0.29, 0.717) is 66.2 Å². The van der Waals surface area contributed by atoms with Gasteiger partial charge in [0.15, 0.2) is 11.5 Å². The minimum absolute atomic E-state index is 0. The molecule has 3 fully saturated rings. The van der Waals surface area contributed by atoms with Gasteiger partial charge in [-0.15, -0.1) is 13.0 Å². The molecule has 3 aliphatic heterocycles. The van der Waals surface area contributed by atoms with Gasteiger partial charge in [-0.2, -0.15) is 6.07 Å². The molecule has 0 aliphatic carbocycles.